The molecule has 1 saturated carbocycles. The summed E-state index contributed by atoms with van der Waals surface area (Å²) in [6.45, 7) is 9.80. The van der Waals surface area contributed by atoms with E-state index in [-0.39, 0.29) is 36.3 Å². The zero-order valence-corrected chi connectivity index (χ0v) is 29.6. The van der Waals surface area contributed by atoms with Crippen LogP contribution in [0.2, 0.25) is 0 Å². The summed E-state index contributed by atoms with van der Waals surface area (Å²) in [5, 5.41) is 53.3. The SMILES string of the molecule is Cc1cc(N(C)C)c2c(c1O)C(O)=C1C(=O)[C@]3(O)C(O)=C(C(N)=O)C(=O)[C@@H](N(C)C)[C@@H]3C[C@@H]1C2.Cc1ccc(CN2CCN(CCO)CC2)o1. The average Bonchev–Trinajstić information content (AvgIpc) is 3.45. The lowest BCUT2D eigenvalue weighted by atomic mass is 9.57. The molecule has 2 fully saturated rings. The van der Waals surface area contributed by atoms with Gasteiger partial charge in [-0.25, -0.2) is 0 Å². The predicted molar refractivity (Wildman–Crippen MR) is 186 cm³/mol. The maximum absolute atomic E-state index is 13.8. The fraction of sp³-hybridized carbons (Fsp3) is 0.528. The molecule has 0 unspecified atom stereocenters. The van der Waals surface area contributed by atoms with Gasteiger partial charge < -0.3 is 40.6 Å². The number of aliphatic hydroxyl groups is 4. The molecule has 0 spiro atoms. The number of hydrogen-bond acceptors (Lipinski definition) is 13. The van der Waals surface area contributed by atoms with Crippen molar-refractivity contribution in [1.29, 1.82) is 0 Å². The Morgan fingerprint density at radius 2 is 1.68 bits per heavy atom. The van der Waals surface area contributed by atoms with Crippen molar-refractivity contribution in [3.8, 4) is 5.75 Å². The van der Waals surface area contributed by atoms with E-state index in [1.807, 2.05) is 32.0 Å². The van der Waals surface area contributed by atoms with Gasteiger partial charge >= 0.3 is 0 Å². The van der Waals surface area contributed by atoms with Crippen molar-refractivity contribution in [2.24, 2.45) is 17.6 Å². The molecular weight excluding hydrogens is 646 g/mol. The lowest BCUT2D eigenvalue weighted by Crippen LogP contribution is -2.65. The lowest BCUT2D eigenvalue weighted by Gasteiger charge is -2.50. The minimum Gasteiger partial charge on any atom is -0.508 e. The molecule has 50 heavy (non-hydrogen) atoms. The third kappa shape index (κ3) is 6.42. The van der Waals surface area contributed by atoms with Crippen LogP contribution in [-0.4, -0.2) is 137 Å². The highest BCUT2D eigenvalue weighted by molar-refractivity contribution is 6.24. The summed E-state index contributed by atoms with van der Waals surface area (Å²) in [7, 11) is 6.78. The first kappa shape index (κ1) is 37.1. The Balaban J connectivity index is 0.000000253. The number of piperazine rings is 1. The van der Waals surface area contributed by atoms with E-state index in [9.17, 15) is 34.8 Å². The Hall–Kier alpha value is -4.21. The molecule has 2 aromatic rings. The number of ketones is 2. The molecule has 1 aromatic carbocycles. The number of fused-ring (bicyclic) bond motifs is 3. The Morgan fingerprint density at radius 1 is 1.04 bits per heavy atom. The van der Waals surface area contributed by atoms with Gasteiger partial charge in [-0.2, -0.15) is 0 Å². The number of β-amino-alcohol motifs (C(OH)–C–C–N with tert-alkyl or cyclic N) is 1. The number of furan rings is 1. The van der Waals surface area contributed by atoms with E-state index >= 15 is 0 Å². The molecule has 1 aliphatic heterocycles. The maximum atomic E-state index is 13.8. The van der Waals surface area contributed by atoms with Crippen molar-refractivity contribution in [1.82, 2.24) is 14.7 Å². The minimum atomic E-state index is -2.63. The Labute approximate surface area is 291 Å². The van der Waals surface area contributed by atoms with E-state index in [0.29, 0.717) is 11.1 Å². The molecule has 1 aromatic heterocycles. The van der Waals surface area contributed by atoms with Gasteiger partial charge in [-0.05, 0) is 76.0 Å². The van der Waals surface area contributed by atoms with Crippen LogP contribution < -0.4 is 10.6 Å². The van der Waals surface area contributed by atoms with Crippen LogP contribution in [0.15, 0.2) is 39.5 Å². The van der Waals surface area contributed by atoms with E-state index in [1.165, 1.54) is 4.90 Å². The van der Waals surface area contributed by atoms with Crippen LogP contribution in [0.1, 0.15) is 34.6 Å². The molecule has 0 bridgehead atoms. The number of nitrogens with zero attached hydrogens (tertiary/aromatic N) is 4. The number of Topliss-reactive ketones (excluding diaryl/α,β-unsaturated/α-hetero) is 2. The zero-order valence-electron chi connectivity index (χ0n) is 29.6. The summed E-state index contributed by atoms with van der Waals surface area (Å²) in [5.74, 6) is -4.46. The number of phenols is 1. The second-order valence-electron chi connectivity index (χ2n) is 14.1. The molecule has 2 heterocycles. The molecular formula is C36H49N5O9. The Morgan fingerprint density at radius 3 is 2.22 bits per heavy atom. The number of anilines is 1. The van der Waals surface area contributed by atoms with Gasteiger partial charge in [0.2, 0.25) is 5.78 Å². The fourth-order valence-corrected chi connectivity index (χ4v) is 7.92. The molecule has 3 aliphatic carbocycles. The number of aryl methyl sites for hydroxylation is 2. The minimum absolute atomic E-state index is 0.0628. The van der Waals surface area contributed by atoms with E-state index < -0.39 is 58.0 Å². The quantitative estimate of drug-likeness (QED) is 0.224. The molecule has 7 N–H and O–H groups in total. The van der Waals surface area contributed by atoms with Crippen LogP contribution in [0.3, 0.4) is 0 Å². The van der Waals surface area contributed by atoms with E-state index in [0.717, 1.165) is 56.5 Å². The Bertz CT molecular complexity index is 1740. The molecule has 272 valence electrons. The number of aliphatic hydroxyl groups excluding tert-OH is 3. The monoisotopic (exact) mass is 695 g/mol. The van der Waals surface area contributed by atoms with E-state index in [1.54, 1.807) is 27.1 Å². The maximum Gasteiger partial charge on any atom is 0.255 e. The number of amides is 1. The third-order valence-electron chi connectivity index (χ3n) is 10.4. The number of rotatable bonds is 7. The summed E-state index contributed by atoms with van der Waals surface area (Å²) >= 11 is 0. The number of nitrogens with two attached hydrogens (primary N) is 1. The first-order valence-electron chi connectivity index (χ1n) is 16.8. The summed E-state index contributed by atoms with van der Waals surface area (Å²) in [6.07, 6.45) is 0.323. The number of carbonyl (C=O) groups excluding carboxylic acids is 3. The predicted octanol–water partition coefficient (Wildman–Crippen LogP) is 1.04. The molecule has 4 atom stereocenters. The van der Waals surface area contributed by atoms with Gasteiger partial charge in [-0.15, -0.1) is 0 Å². The number of primary amides is 1. The number of likely N-dealkylation sites (N-methyl/N-ethyl adjacent to an activating group) is 1. The molecule has 0 radical (unpaired) electrons. The van der Waals surface area contributed by atoms with Gasteiger partial charge in [0, 0.05) is 64.0 Å². The molecule has 6 rings (SSSR count). The standard InChI is InChI=1S/C24H29N3O7.C12H20N2O2/c1-9-6-13(26(2)3)11-7-10-8-12-17(27(4)5)20(30)16(23(25)33)22(32)24(12,34)21(31)14(10)19(29)15(11)18(9)28;1-11-2-3-12(16-11)10-14-6-4-13(5-7-14)8-9-15/h6,10,12,17,28-29,32,34H,7-8H2,1-5H3,(H2,25,33);2-3,15H,4-10H2,1H3/t10-,12-,17-,24-;/m0./s1. The number of aromatic hydroxyl groups is 1. The summed E-state index contributed by atoms with van der Waals surface area (Å²) < 4.78 is 5.57. The number of carbonyl (C=O) groups is 3. The van der Waals surface area contributed by atoms with Gasteiger partial charge in [-0.3, -0.25) is 29.1 Å². The smallest absolute Gasteiger partial charge is 0.255 e. The first-order chi connectivity index (χ1) is 23.5. The van der Waals surface area contributed by atoms with Crippen molar-refractivity contribution in [3.63, 3.8) is 0 Å². The van der Waals surface area contributed by atoms with Crippen LogP contribution in [0.25, 0.3) is 5.76 Å². The Kier molecular flexibility index (Phi) is 10.5. The first-order valence-corrected chi connectivity index (χ1v) is 16.8. The van der Waals surface area contributed by atoms with Crippen LogP contribution in [-0.2, 0) is 27.3 Å². The average molecular weight is 696 g/mol. The van der Waals surface area contributed by atoms with Gasteiger partial charge in [-0.1, -0.05) is 0 Å². The molecule has 14 nitrogen and oxygen atoms in total. The normalized spacial score (nSPS) is 25.6. The van der Waals surface area contributed by atoms with Crippen molar-refractivity contribution in [2.75, 3.05) is 72.4 Å². The van der Waals surface area contributed by atoms with Crippen molar-refractivity contribution in [3.05, 3.63) is 63.3 Å². The highest BCUT2D eigenvalue weighted by atomic mass is 16.4. The molecule has 14 heteroatoms. The summed E-state index contributed by atoms with van der Waals surface area (Å²) in [4.78, 5) is 46.9. The van der Waals surface area contributed by atoms with Crippen molar-refractivity contribution in [2.45, 2.75) is 44.9 Å². The largest absolute Gasteiger partial charge is 0.508 e. The topological polar surface area (TPSA) is 204 Å². The van der Waals surface area contributed by atoms with E-state index in [4.69, 9.17) is 15.3 Å². The van der Waals surface area contributed by atoms with Gasteiger partial charge in [0.05, 0.1) is 24.8 Å². The molecule has 1 amide bonds. The van der Waals surface area contributed by atoms with Gasteiger partial charge in [0.25, 0.3) is 5.91 Å². The van der Waals surface area contributed by atoms with Gasteiger partial charge in [0.1, 0.15) is 34.4 Å². The number of hydrogen-bond donors (Lipinski definition) is 6. The number of benzene rings is 1. The highest BCUT2D eigenvalue weighted by Crippen LogP contribution is 2.54. The lowest BCUT2D eigenvalue weighted by molar-refractivity contribution is -0.153. The van der Waals surface area contributed by atoms with Gasteiger partial charge in [0.15, 0.2) is 11.4 Å². The van der Waals surface area contributed by atoms with Crippen molar-refractivity contribution < 1.29 is 44.3 Å². The fourth-order valence-electron chi connectivity index (χ4n) is 7.92. The van der Waals surface area contributed by atoms with Crippen LogP contribution in [0.5, 0.6) is 5.75 Å². The van der Waals surface area contributed by atoms with Crippen LogP contribution >= 0.6 is 0 Å². The third-order valence-corrected chi connectivity index (χ3v) is 10.4. The second kappa shape index (κ2) is 14.2. The van der Waals surface area contributed by atoms with Crippen LogP contribution in [0, 0.1) is 25.7 Å². The second-order valence-corrected chi connectivity index (χ2v) is 14.1. The molecule has 4 aliphatic rings. The van der Waals surface area contributed by atoms with Crippen LogP contribution in [0.4, 0.5) is 5.69 Å². The van der Waals surface area contributed by atoms with Crippen molar-refractivity contribution >= 4 is 28.9 Å². The number of phenolic OH excluding ortho intramolecular Hbond substituents is 1. The summed E-state index contributed by atoms with van der Waals surface area (Å²) in [6, 6.07) is 4.75. The van der Waals surface area contributed by atoms with E-state index in [2.05, 4.69) is 15.9 Å². The summed E-state index contributed by atoms with van der Waals surface area (Å²) in [5.41, 5.74) is 3.69. The zero-order chi connectivity index (χ0) is 36.8. The molecule has 1 saturated heterocycles. The highest BCUT2D eigenvalue weighted by Gasteiger charge is 2.64.